The van der Waals surface area contributed by atoms with Crippen LogP contribution in [0.3, 0.4) is 0 Å². The Kier molecular flexibility index (Phi) is 5.94. The number of fused-ring (bicyclic) bond motifs is 1. The van der Waals surface area contributed by atoms with Crippen molar-refractivity contribution < 1.29 is 27.9 Å². The van der Waals surface area contributed by atoms with Crippen LogP contribution in [0, 0.1) is 11.3 Å². The van der Waals surface area contributed by atoms with E-state index in [2.05, 4.69) is 10.3 Å². The summed E-state index contributed by atoms with van der Waals surface area (Å²) in [6.07, 6.45) is 0.643. The molecule has 33 heavy (non-hydrogen) atoms. The Bertz CT molecular complexity index is 1340. The number of rotatable bonds is 8. The highest BCUT2D eigenvalue weighted by Gasteiger charge is 2.38. The molecule has 9 nitrogen and oxygen atoms in total. The fourth-order valence-corrected chi connectivity index (χ4v) is 4.68. The number of amides is 1. The molecule has 1 unspecified atom stereocenters. The largest absolute Gasteiger partial charge is 0.478 e. The minimum absolute atomic E-state index is 0.0235. The summed E-state index contributed by atoms with van der Waals surface area (Å²) in [6.45, 7) is 1.35. The molecule has 1 saturated carbocycles. The molecule has 2 aromatic carbocycles. The summed E-state index contributed by atoms with van der Waals surface area (Å²) in [5.41, 5.74) is 1.66. The average Bonchev–Trinajstić information content (AvgIpc) is 3.51. The normalized spacial score (nSPS) is 14.6. The van der Waals surface area contributed by atoms with Gasteiger partial charge in [0.25, 0.3) is 0 Å². The quantitative estimate of drug-likeness (QED) is 0.293. The zero-order valence-electron chi connectivity index (χ0n) is 17.8. The number of H-pyrrole nitrogens is 1. The number of ether oxygens (including phenoxy) is 1. The van der Waals surface area contributed by atoms with Crippen molar-refractivity contribution in [1.82, 2.24) is 4.98 Å². The molecule has 0 spiro atoms. The molecule has 4 N–H and O–H groups in total. The lowest BCUT2D eigenvalue weighted by Gasteiger charge is -2.14. The van der Waals surface area contributed by atoms with Crippen molar-refractivity contribution in [3.8, 4) is 5.75 Å². The van der Waals surface area contributed by atoms with Gasteiger partial charge in [-0.25, -0.2) is 13.2 Å². The zero-order chi connectivity index (χ0) is 23.8. The van der Waals surface area contributed by atoms with Crippen LogP contribution in [-0.2, 0) is 25.8 Å². The van der Waals surface area contributed by atoms with Gasteiger partial charge in [-0.3, -0.25) is 10.2 Å². The van der Waals surface area contributed by atoms with Gasteiger partial charge in [-0.05, 0) is 60.7 Å². The van der Waals surface area contributed by atoms with Crippen LogP contribution in [0.4, 0.5) is 5.69 Å². The first-order valence-electron chi connectivity index (χ1n) is 10.3. The van der Waals surface area contributed by atoms with Crippen molar-refractivity contribution in [3.63, 3.8) is 0 Å². The number of hydrogen-bond acceptors (Lipinski definition) is 6. The van der Waals surface area contributed by atoms with Gasteiger partial charge in [0.05, 0.1) is 4.90 Å². The van der Waals surface area contributed by atoms with E-state index in [0.29, 0.717) is 22.6 Å². The average molecular weight is 470 g/mol. The number of carbonyl (C=O) groups is 2. The van der Waals surface area contributed by atoms with Crippen LogP contribution >= 0.6 is 0 Å². The van der Waals surface area contributed by atoms with Crippen molar-refractivity contribution in [2.45, 2.75) is 37.2 Å². The van der Waals surface area contributed by atoms with E-state index >= 15 is 0 Å². The molecular weight excluding hydrogens is 446 g/mol. The minimum atomic E-state index is -4.00. The molecule has 10 heteroatoms. The number of carbonyl (C=O) groups excluding carboxylic acids is 1. The summed E-state index contributed by atoms with van der Waals surface area (Å²) < 4.78 is 31.2. The van der Waals surface area contributed by atoms with E-state index in [0.717, 1.165) is 18.2 Å². The van der Waals surface area contributed by atoms with Gasteiger partial charge in [-0.15, -0.1) is 0 Å². The molecule has 0 radical (unpaired) electrons. The van der Waals surface area contributed by atoms with Crippen molar-refractivity contribution in [3.05, 3.63) is 54.2 Å². The Morgan fingerprint density at radius 2 is 1.88 bits per heavy atom. The topological polar surface area (TPSA) is 149 Å². The summed E-state index contributed by atoms with van der Waals surface area (Å²) in [7, 11) is -4.00. The molecule has 0 aliphatic heterocycles. The van der Waals surface area contributed by atoms with E-state index in [1.807, 2.05) is 0 Å². The fraction of sp³-hybridized carbons (Fsp3) is 0.261. The Hall–Kier alpha value is -3.66. The van der Waals surface area contributed by atoms with Gasteiger partial charge in [0.15, 0.2) is 6.10 Å². The first-order chi connectivity index (χ1) is 15.6. The molecule has 0 saturated heterocycles. The van der Waals surface area contributed by atoms with E-state index in [4.69, 9.17) is 10.1 Å². The van der Waals surface area contributed by atoms with Crippen LogP contribution in [0.1, 0.15) is 25.5 Å². The van der Waals surface area contributed by atoms with Gasteiger partial charge in [0, 0.05) is 42.2 Å². The zero-order valence-corrected chi connectivity index (χ0v) is 18.6. The third-order valence-corrected chi connectivity index (χ3v) is 7.05. The summed E-state index contributed by atoms with van der Waals surface area (Å²) in [6, 6.07) is 12.5. The van der Waals surface area contributed by atoms with E-state index in [1.165, 1.54) is 31.2 Å². The van der Waals surface area contributed by atoms with Gasteiger partial charge in [-0.2, -0.15) is 0 Å². The lowest BCUT2D eigenvalue weighted by molar-refractivity contribution is -0.146. The van der Waals surface area contributed by atoms with Crippen LogP contribution in [0.5, 0.6) is 5.75 Å². The van der Waals surface area contributed by atoms with E-state index < -0.39 is 27.0 Å². The van der Waals surface area contributed by atoms with Crippen LogP contribution in [-0.4, -0.2) is 41.5 Å². The molecule has 1 amide bonds. The van der Waals surface area contributed by atoms with Crippen molar-refractivity contribution in [2.75, 3.05) is 5.32 Å². The van der Waals surface area contributed by atoms with Crippen molar-refractivity contribution in [2.24, 2.45) is 5.92 Å². The number of benzene rings is 2. The van der Waals surface area contributed by atoms with Crippen molar-refractivity contribution in [1.29, 1.82) is 5.41 Å². The van der Waals surface area contributed by atoms with E-state index in [9.17, 15) is 23.1 Å². The molecule has 1 aromatic heterocycles. The highest BCUT2D eigenvalue weighted by atomic mass is 32.2. The highest BCUT2D eigenvalue weighted by Crippen LogP contribution is 2.35. The molecule has 1 aliphatic rings. The summed E-state index contributed by atoms with van der Waals surface area (Å²) in [4.78, 5) is 25.6. The number of carboxylic acids is 1. The molecule has 4 rings (SSSR count). The molecular formula is C23H23N3O6S. The number of nitrogens with one attached hydrogen (secondary N) is 3. The molecule has 1 heterocycles. The van der Waals surface area contributed by atoms with E-state index in [1.54, 1.807) is 24.3 Å². The smallest absolute Gasteiger partial charge is 0.345 e. The first kappa shape index (κ1) is 22.5. The van der Waals surface area contributed by atoms with Gasteiger partial charge in [-0.1, -0.05) is 0 Å². The van der Waals surface area contributed by atoms with Gasteiger partial charge < -0.3 is 20.1 Å². The molecule has 0 bridgehead atoms. The Morgan fingerprint density at radius 1 is 1.18 bits per heavy atom. The molecule has 3 aromatic rings. The lowest BCUT2D eigenvalue weighted by atomic mass is 10.2. The summed E-state index contributed by atoms with van der Waals surface area (Å²) >= 11 is 0. The Labute approximate surface area is 190 Å². The molecule has 1 atom stereocenters. The number of aliphatic carboxylic acids is 1. The maximum absolute atomic E-state index is 12.8. The van der Waals surface area contributed by atoms with E-state index in [-0.39, 0.29) is 23.1 Å². The van der Waals surface area contributed by atoms with Gasteiger partial charge >= 0.3 is 5.97 Å². The lowest BCUT2D eigenvalue weighted by Crippen LogP contribution is -2.29. The third kappa shape index (κ3) is 5.06. The molecule has 1 fully saturated rings. The third-order valence-electron chi connectivity index (χ3n) is 5.37. The Balaban J connectivity index is 1.49. The number of aromatic amines is 1. The number of anilines is 1. The van der Waals surface area contributed by atoms with Crippen molar-refractivity contribution >= 4 is 43.3 Å². The van der Waals surface area contributed by atoms with Crippen LogP contribution < -0.4 is 10.1 Å². The highest BCUT2D eigenvalue weighted by molar-refractivity contribution is 8.06. The standard InChI is InChI=1S/C23H23N3O6S/c1-13(27)25-16-5-8-19(9-6-16)33(30,31)21(24)11-17-10-15-4-7-18(12-20(15)26-17)32-22(23(28)29)14-2-3-14/h4-10,12,14,22,24,26H,2-3,11H2,1H3,(H,25,27)(H,28,29). The Morgan fingerprint density at radius 3 is 2.48 bits per heavy atom. The number of carboxylic acid groups (broad SMARTS) is 1. The predicted octanol–water partition coefficient (Wildman–Crippen LogP) is 3.36. The predicted molar refractivity (Wildman–Crippen MR) is 122 cm³/mol. The first-order valence-corrected chi connectivity index (χ1v) is 11.8. The monoisotopic (exact) mass is 469 g/mol. The maximum atomic E-state index is 12.8. The summed E-state index contributed by atoms with van der Waals surface area (Å²) in [5, 5.41) is 20.4. The van der Waals surface area contributed by atoms with Crippen LogP contribution in [0.25, 0.3) is 10.9 Å². The van der Waals surface area contributed by atoms with Gasteiger partial charge in [0.1, 0.15) is 10.8 Å². The molecule has 1 aliphatic carbocycles. The second-order valence-electron chi connectivity index (χ2n) is 8.07. The van der Waals surface area contributed by atoms with Crippen LogP contribution in [0.2, 0.25) is 0 Å². The minimum Gasteiger partial charge on any atom is -0.478 e. The van der Waals surface area contributed by atoms with Gasteiger partial charge in [0.2, 0.25) is 15.7 Å². The summed E-state index contributed by atoms with van der Waals surface area (Å²) in [5.74, 6) is -0.821. The SMILES string of the molecule is CC(=O)Nc1ccc(S(=O)(=O)C(=N)Cc2cc3ccc(OC(C(=O)O)C4CC4)cc3[nH]2)cc1. The number of aromatic nitrogens is 1. The number of hydrogen-bond donors (Lipinski definition) is 4. The maximum Gasteiger partial charge on any atom is 0.345 e. The second kappa shape index (κ2) is 8.70. The fourth-order valence-electron chi connectivity index (χ4n) is 3.56. The van der Waals surface area contributed by atoms with Crippen LogP contribution in [0.15, 0.2) is 53.4 Å². The second-order valence-corrected chi connectivity index (χ2v) is 10.0. The number of sulfone groups is 1. The molecule has 172 valence electrons.